The molecule has 0 aliphatic rings. The molecule has 2 aromatic heterocycles. The van der Waals surface area contributed by atoms with E-state index in [1.54, 1.807) is 12.4 Å². The van der Waals surface area contributed by atoms with Gasteiger partial charge in [-0.2, -0.15) is 4.98 Å². The van der Waals surface area contributed by atoms with Gasteiger partial charge >= 0.3 is 0 Å². The molecular formula is C23H22N6O. The first-order valence-corrected chi connectivity index (χ1v) is 9.65. The number of nitrogens with zero attached hydrogens (tertiary/aromatic N) is 5. The van der Waals surface area contributed by atoms with Crippen LogP contribution in [-0.4, -0.2) is 38.7 Å². The first-order chi connectivity index (χ1) is 14.7. The lowest BCUT2D eigenvalue weighted by molar-refractivity contribution is 0.300. The van der Waals surface area contributed by atoms with E-state index in [1.165, 1.54) is 0 Å². The van der Waals surface area contributed by atoms with Crippen LogP contribution in [0.4, 0.5) is 23.3 Å². The summed E-state index contributed by atoms with van der Waals surface area (Å²) in [5.41, 5.74) is 2.84. The van der Waals surface area contributed by atoms with Crippen molar-refractivity contribution >= 4 is 23.3 Å². The molecule has 0 aliphatic heterocycles. The monoisotopic (exact) mass is 398 g/mol. The molecule has 150 valence electrons. The van der Waals surface area contributed by atoms with E-state index in [9.17, 15) is 5.11 Å². The zero-order valence-electron chi connectivity index (χ0n) is 16.6. The van der Waals surface area contributed by atoms with Crippen molar-refractivity contribution < 1.29 is 5.11 Å². The molecule has 7 heteroatoms. The summed E-state index contributed by atoms with van der Waals surface area (Å²) in [6.45, 7) is 0.0831. The third-order valence-electron chi connectivity index (χ3n) is 4.65. The van der Waals surface area contributed by atoms with Crippen LogP contribution in [0.25, 0.3) is 11.4 Å². The summed E-state index contributed by atoms with van der Waals surface area (Å²) in [6, 6.07) is 21.3. The van der Waals surface area contributed by atoms with Crippen molar-refractivity contribution in [1.29, 1.82) is 0 Å². The summed E-state index contributed by atoms with van der Waals surface area (Å²) in [4.78, 5) is 19.9. The molecule has 0 saturated carbocycles. The van der Waals surface area contributed by atoms with Crippen molar-refractivity contribution in [2.75, 3.05) is 23.9 Å². The highest BCUT2D eigenvalue weighted by molar-refractivity contribution is 5.63. The Morgan fingerprint density at radius 3 is 2.33 bits per heavy atom. The second-order valence-electron chi connectivity index (χ2n) is 6.66. The van der Waals surface area contributed by atoms with E-state index < -0.39 is 0 Å². The van der Waals surface area contributed by atoms with Gasteiger partial charge in [-0.3, -0.25) is 0 Å². The molecule has 0 bridgehead atoms. The van der Waals surface area contributed by atoms with Crippen LogP contribution >= 0.6 is 0 Å². The molecule has 0 atom stereocenters. The maximum atomic E-state index is 9.28. The number of benzene rings is 2. The van der Waals surface area contributed by atoms with Gasteiger partial charge in [-0.05, 0) is 30.2 Å². The number of aromatic nitrogens is 4. The molecule has 2 aromatic carbocycles. The lowest BCUT2D eigenvalue weighted by Gasteiger charge is -2.18. The Labute approximate surface area is 175 Å². The maximum Gasteiger partial charge on any atom is 0.229 e. The van der Waals surface area contributed by atoms with Crippen LogP contribution in [0.5, 0.6) is 0 Å². The van der Waals surface area contributed by atoms with Gasteiger partial charge in [0.1, 0.15) is 11.6 Å². The standard InChI is InChI=1S/C23H22N6O/c1-29(20-11-14-24-22(27-20)18-8-3-2-4-9-18)21-12-15-25-23(28-21)26-19-10-6-5-7-17(19)13-16-30/h2-12,14-15,30H,13,16H2,1H3,(H,25,26,28). The summed E-state index contributed by atoms with van der Waals surface area (Å²) in [6.07, 6.45) is 4.01. The average Bonchev–Trinajstić information content (AvgIpc) is 2.81. The normalized spacial score (nSPS) is 10.6. The molecule has 0 saturated heterocycles. The van der Waals surface area contributed by atoms with Crippen LogP contribution in [0.3, 0.4) is 0 Å². The van der Waals surface area contributed by atoms with Gasteiger partial charge in [0.25, 0.3) is 0 Å². The summed E-state index contributed by atoms with van der Waals surface area (Å²) in [7, 11) is 1.91. The first kappa shape index (κ1) is 19.5. The number of hydrogen-bond acceptors (Lipinski definition) is 7. The van der Waals surface area contributed by atoms with Gasteiger partial charge in [-0.25, -0.2) is 15.0 Å². The maximum absolute atomic E-state index is 9.28. The van der Waals surface area contributed by atoms with Crippen molar-refractivity contribution in [2.45, 2.75) is 6.42 Å². The third-order valence-corrected chi connectivity index (χ3v) is 4.65. The van der Waals surface area contributed by atoms with Crippen LogP contribution in [-0.2, 0) is 6.42 Å². The van der Waals surface area contributed by atoms with Crippen molar-refractivity contribution in [3.05, 3.63) is 84.7 Å². The first-order valence-electron chi connectivity index (χ1n) is 9.65. The Hall–Kier alpha value is -3.84. The van der Waals surface area contributed by atoms with Gasteiger partial charge in [0, 0.05) is 37.3 Å². The van der Waals surface area contributed by atoms with E-state index >= 15 is 0 Å². The molecule has 7 nitrogen and oxygen atoms in total. The minimum Gasteiger partial charge on any atom is -0.396 e. The predicted molar refractivity (Wildman–Crippen MR) is 118 cm³/mol. The molecule has 0 fully saturated rings. The molecule has 4 rings (SSSR count). The Kier molecular flexibility index (Phi) is 5.91. The zero-order valence-corrected chi connectivity index (χ0v) is 16.6. The summed E-state index contributed by atoms with van der Waals surface area (Å²) >= 11 is 0. The van der Waals surface area contributed by atoms with E-state index in [0.29, 0.717) is 24.0 Å². The number of aliphatic hydroxyl groups is 1. The quantitative estimate of drug-likeness (QED) is 0.487. The smallest absolute Gasteiger partial charge is 0.229 e. The van der Waals surface area contributed by atoms with Gasteiger partial charge in [0.2, 0.25) is 5.95 Å². The third kappa shape index (κ3) is 4.42. The predicted octanol–water partition coefficient (Wildman–Crippen LogP) is 3.98. The molecule has 0 amide bonds. The molecule has 0 aliphatic carbocycles. The second kappa shape index (κ2) is 9.11. The second-order valence-corrected chi connectivity index (χ2v) is 6.66. The number of hydrogen-bond donors (Lipinski definition) is 2. The Morgan fingerprint density at radius 2 is 1.53 bits per heavy atom. The number of rotatable bonds is 7. The van der Waals surface area contributed by atoms with Crippen LogP contribution in [0, 0.1) is 0 Å². The minimum atomic E-state index is 0.0831. The van der Waals surface area contributed by atoms with Gasteiger partial charge < -0.3 is 15.3 Å². The van der Waals surface area contributed by atoms with Gasteiger partial charge in [-0.15, -0.1) is 0 Å². The SMILES string of the molecule is CN(c1ccnc(Nc2ccccc2CCO)n1)c1ccnc(-c2ccccc2)n1. The van der Waals surface area contributed by atoms with Gasteiger partial charge in [0.05, 0.1) is 0 Å². The molecule has 2 N–H and O–H groups in total. The number of anilines is 4. The van der Waals surface area contributed by atoms with Crippen LogP contribution in [0.15, 0.2) is 79.1 Å². The lowest BCUT2D eigenvalue weighted by Crippen LogP contribution is -2.14. The van der Waals surface area contributed by atoms with E-state index in [-0.39, 0.29) is 6.61 Å². The fraction of sp³-hybridized carbons (Fsp3) is 0.130. The van der Waals surface area contributed by atoms with Crippen molar-refractivity contribution in [3.63, 3.8) is 0 Å². The van der Waals surface area contributed by atoms with E-state index in [1.807, 2.05) is 78.7 Å². The van der Waals surface area contributed by atoms with Crippen LogP contribution in [0.1, 0.15) is 5.56 Å². The topological polar surface area (TPSA) is 87.1 Å². The summed E-state index contributed by atoms with van der Waals surface area (Å²) < 4.78 is 0. The van der Waals surface area contributed by atoms with Crippen LogP contribution in [0.2, 0.25) is 0 Å². The van der Waals surface area contributed by atoms with Crippen molar-refractivity contribution in [3.8, 4) is 11.4 Å². The minimum absolute atomic E-state index is 0.0831. The van der Waals surface area contributed by atoms with Gasteiger partial charge in [-0.1, -0.05) is 48.5 Å². The molecule has 0 spiro atoms. The molecular weight excluding hydrogens is 376 g/mol. The number of aliphatic hydroxyl groups excluding tert-OH is 1. The average molecular weight is 398 g/mol. The molecule has 30 heavy (non-hydrogen) atoms. The highest BCUT2D eigenvalue weighted by Gasteiger charge is 2.11. The van der Waals surface area contributed by atoms with Crippen molar-refractivity contribution in [1.82, 2.24) is 19.9 Å². The van der Waals surface area contributed by atoms with Crippen molar-refractivity contribution in [2.24, 2.45) is 0 Å². The summed E-state index contributed by atoms with van der Waals surface area (Å²) in [5, 5.41) is 12.5. The molecule has 0 radical (unpaired) electrons. The fourth-order valence-electron chi connectivity index (χ4n) is 3.08. The summed E-state index contributed by atoms with van der Waals surface area (Å²) in [5.74, 6) is 2.56. The van der Waals surface area contributed by atoms with Gasteiger partial charge in [0.15, 0.2) is 5.82 Å². The highest BCUT2D eigenvalue weighted by atomic mass is 16.2. The molecule has 4 aromatic rings. The Morgan fingerprint density at radius 1 is 0.833 bits per heavy atom. The highest BCUT2D eigenvalue weighted by Crippen LogP contribution is 2.24. The Balaban J connectivity index is 1.59. The Bertz CT molecular complexity index is 1120. The van der Waals surface area contributed by atoms with E-state index in [4.69, 9.17) is 0 Å². The largest absolute Gasteiger partial charge is 0.396 e. The molecule has 2 heterocycles. The number of para-hydroxylation sites is 1. The van der Waals surface area contributed by atoms with E-state index in [2.05, 4.69) is 25.3 Å². The van der Waals surface area contributed by atoms with Crippen LogP contribution < -0.4 is 10.2 Å². The molecule has 0 unspecified atom stereocenters. The van der Waals surface area contributed by atoms with E-state index in [0.717, 1.165) is 22.6 Å². The zero-order chi connectivity index (χ0) is 20.8. The number of nitrogens with one attached hydrogen (secondary N) is 1. The fourth-order valence-corrected chi connectivity index (χ4v) is 3.08. The lowest BCUT2D eigenvalue weighted by atomic mass is 10.1.